The Morgan fingerprint density at radius 3 is 3.00 bits per heavy atom. The van der Waals surface area contributed by atoms with Crippen molar-refractivity contribution in [1.82, 2.24) is 15.3 Å². The second-order valence-electron chi connectivity index (χ2n) is 4.58. The molecule has 5 nitrogen and oxygen atoms in total. The number of rotatable bonds is 4. The van der Waals surface area contributed by atoms with Crippen LogP contribution in [0.1, 0.15) is 20.3 Å². The number of anilines is 1. The van der Waals surface area contributed by atoms with Gasteiger partial charge in [-0.05, 0) is 27.3 Å². The molecule has 5 heteroatoms. The summed E-state index contributed by atoms with van der Waals surface area (Å²) in [6.45, 7) is 5.95. The van der Waals surface area contributed by atoms with Crippen molar-refractivity contribution in [2.75, 3.05) is 25.0 Å². The van der Waals surface area contributed by atoms with Crippen molar-refractivity contribution < 1.29 is 4.74 Å². The Morgan fingerprint density at radius 1 is 1.53 bits per heavy atom. The molecule has 0 radical (unpaired) electrons. The molecule has 0 aliphatic carbocycles. The van der Waals surface area contributed by atoms with Crippen LogP contribution in [0.5, 0.6) is 5.88 Å². The standard InChI is InChI=1S/C12H20N4O/c1-9(2)17-11-4-6-14-12(15-11)16-7-5-10(8-16)13-3/h4,6,9-10,13H,5,7-8H2,1-3H3. The SMILES string of the molecule is CNC1CCN(c2nccc(OC(C)C)n2)C1. The van der Waals surface area contributed by atoms with Crippen molar-refractivity contribution in [2.24, 2.45) is 0 Å². The van der Waals surface area contributed by atoms with Gasteiger partial charge in [-0.15, -0.1) is 0 Å². The average molecular weight is 236 g/mol. The van der Waals surface area contributed by atoms with Crippen LogP contribution < -0.4 is 15.0 Å². The predicted molar refractivity (Wildman–Crippen MR) is 67.5 cm³/mol. The van der Waals surface area contributed by atoms with E-state index in [1.807, 2.05) is 20.9 Å². The number of nitrogens with one attached hydrogen (secondary N) is 1. The van der Waals surface area contributed by atoms with Crippen LogP contribution in [0.3, 0.4) is 0 Å². The van der Waals surface area contributed by atoms with Crippen molar-refractivity contribution in [3.05, 3.63) is 12.3 Å². The number of nitrogens with zero attached hydrogens (tertiary/aromatic N) is 3. The maximum absolute atomic E-state index is 5.57. The molecule has 2 heterocycles. The van der Waals surface area contributed by atoms with Crippen LogP contribution >= 0.6 is 0 Å². The van der Waals surface area contributed by atoms with Crippen molar-refractivity contribution in [3.8, 4) is 5.88 Å². The first kappa shape index (κ1) is 12.1. The molecule has 0 spiro atoms. The normalized spacial score (nSPS) is 20.0. The fourth-order valence-electron chi connectivity index (χ4n) is 1.97. The van der Waals surface area contributed by atoms with Gasteiger partial charge in [0, 0.05) is 31.4 Å². The summed E-state index contributed by atoms with van der Waals surface area (Å²) in [5.41, 5.74) is 0. The lowest BCUT2D eigenvalue weighted by atomic mass is 10.3. The number of ether oxygens (including phenoxy) is 1. The first-order valence-corrected chi connectivity index (χ1v) is 6.11. The summed E-state index contributed by atoms with van der Waals surface area (Å²) in [6, 6.07) is 2.34. The van der Waals surface area contributed by atoms with Crippen molar-refractivity contribution in [3.63, 3.8) is 0 Å². The Morgan fingerprint density at radius 2 is 2.35 bits per heavy atom. The van der Waals surface area contributed by atoms with Crippen LogP contribution in [0.2, 0.25) is 0 Å². The van der Waals surface area contributed by atoms with Gasteiger partial charge in [0.2, 0.25) is 11.8 Å². The molecule has 1 aliphatic heterocycles. The van der Waals surface area contributed by atoms with E-state index < -0.39 is 0 Å². The molecule has 2 rings (SSSR count). The van der Waals surface area contributed by atoms with Gasteiger partial charge in [0.15, 0.2) is 0 Å². The molecule has 1 atom stereocenters. The minimum atomic E-state index is 0.140. The zero-order chi connectivity index (χ0) is 12.3. The second kappa shape index (κ2) is 5.31. The molecule has 1 aromatic heterocycles. The lowest BCUT2D eigenvalue weighted by molar-refractivity contribution is 0.232. The largest absolute Gasteiger partial charge is 0.475 e. The summed E-state index contributed by atoms with van der Waals surface area (Å²) < 4.78 is 5.57. The highest BCUT2D eigenvalue weighted by molar-refractivity contribution is 5.34. The lowest BCUT2D eigenvalue weighted by Crippen LogP contribution is -2.30. The van der Waals surface area contributed by atoms with E-state index in [1.54, 1.807) is 12.3 Å². The van der Waals surface area contributed by atoms with Crippen molar-refractivity contribution in [2.45, 2.75) is 32.4 Å². The fourth-order valence-corrected chi connectivity index (χ4v) is 1.97. The third-order valence-corrected chi connectivity index (χ3v) is 2.85. The van der Waals surface area contributed by atoms with Gasteiger partial charge in [0.25, 0.3) is 0 Å². The third kappa shape index (κ3) is 3.06. The molecule has 1 saturated heterocycles. The Labute approximate surface area is 102 Å². The average Bonchev–Trinajstić information content (AvgIpc) is 2.77. The number of hydrogen-bond acceptors (Lipinski definition) is 5. The molecular formula is C12H20N4O. The van der Waals surface area contributed by atoms with E-state index in [9.17, 15) is 0 Å². The first-order chi connectivity index (χ1) is 8.19. The molecule has 1 unspecified atom stereocenters. The molecule has 0 saturated carbocycles. The molecule has 1 fully saturated rings. The van der Waals surface area contributed by atoms with Gasteiger partial charge in [-0.1, -0.05) is 0 Å². The van der Waals surface area contributed by atoms with Gasteiger partial charge >= 0.3 is 0 Å². The summed E-state index contributed by atoms with van der Waals surface area (Å²) in [7, 11) is 1.99. The van der Waals surface area contributed by atoms with E-state index in [2.05, 4.69) is 20.2 Å². The summed E-state index contributed by atoms with van der Waals surface area (Å²) >= 11 is 0. The van der Waals surface area contributed by atoms with Crippen LogP contribution in [0.25, 0.3) is 0 Å². The van der Waals surface area contributed by atoms with E-state index in [-0.39, 0.29) is 6.10 Å². The third-order valence-electron chi connectivity index (χ3n) is 2.85. The number of likely N-dealkylation sites (N-methyl/N-ethyl adjacent to an activating group) is 1. The molecule has 0 bridgehead atoms. The maximum atomic E-state index is 5.57. The smallest absolute Gasteiger partial charge is 0.228 e. The topological polar surface area (TPSA) is 50.3 Å². The fraction of sp³-hybridized carbons (Fsp3) is 0.667. The first-order valence-electron chi connectivity index (χ1n) is 6.11. The lowest BCUT2D eigenvalue weighted by Gasteiger charge is -2.17. The monoisotopic (exact) mass is 236 g/mol. The van der Waals surface area contributed by atoms with E-state index in [0.717, 1.165) is 25.5 Å². The Kier molecular flexibility index (Phi) is 3.78. The highest BCUT2D eigenvalue weighted by Crippen LogP contribution is 2.18. The van der Waals surface area contributed by atoms with Crippen LogP contribution in [-0.4, -0.2) is 42.3 Å². The van der Waals surface area contributed by atoms with Gasteiger partial charge in [-0.2, -0.15) is 4.98 Å². The van der Waals surface area contributed by atoms with Gasteiger partial charge < -0.3 is 15.0 Å². The summed E-state index contributed by atoms with van der Waals surface area (Å²) in [5.74, 6) is 1.42. The van der Waals surface area contributed by atoms with Crippen LogP contribution in [0.15, 0.2) is 12.3 Å². The Hall–Kier alpha value is -1.36. The Balaban J connectivity index is 2.06. The predicted octanol–water partition coefficient (Wildman–Crippen LogP) is 1.06. The van der Waals surface area contributed by atoms with Crippen LogP contribution in [-0.2, 0) is 0 Å². The van der Waals surface area contributed by atoms with Crippen LogP contribution in [0, 0.1) is 0 Å². The quantitative estimate of drug-likeness (QED) is 0.847. The van der Waals surface area contributed by atoms with Gasteiger partial charge in [0.05, 0.1) is 6.10 Å². The molecular weight excluding hydrogens is 216 g/mol. The van der Waals surface area contributed by atoms with Crippen molar-refractivity contribution in [1.29, 1.82) is 0 Å². The summed E-state index contributed by atoms with van der Waals surface area (Å²) in [6.07, 6.45) is 3.03. The maximum Gasteiger partial charge on any atom is 0.228 e. The van der Waals surface area contributed by atoms with Gasteiger partial charge in [0.1, 0.15) is 0 Å². The van der Waals surface area contributed by atoms with Gasteiger partial charge in [-0.3, -0.25) is 0 Å². The highest BCUT2D eigenvalue weighted by atomic mass is 16.5. The van der Waals surface area contributed by atoms with E-state index in [0.29, 0.717) is 11.9 Å². The summed E-state index contributed by atoms with van der Waals surface area (Å²) in [5, 5.41) is 3.28. The minimum absolute atomic E-state index is 0.140. The molecule has 94 valence electrons. The molecule has 0 aromatic carbocycles. The zero-order valence-corrected chi connectivity index (χ0v) is 10.7. The van der Waals surface area contributed by atoms with E-state index in [4.69, 9.17) is 4.74 Å². The minimum Gasteiger partial charge on any atom is -0.475 e. The van der Waals surface area contributed by atoms with Crippen LogP contribution in [0.4, 0.5) is 5.95 Å². The number of aromatic nitrogens is 2. The van der Waals surface area contributed by atoms with E-state index >= 15 is 0 Å². The molecule has 0 amide bonds. The highest BCUT2D eigenvalue weighted by Gasteiger charge is 2.23. The zero-order valence-electron chi connectivity index (χ0n) is 10.7. The molecule has 1 aromatic rings. The second-order valence-corrected chi connectivity index (χ2v) is 4.58. The molecule has 17 heavy (non-hydrogen) atoms. The Bertz CT molecular complexity index is 369. The van der Waals surface area contributed by atoms with E-state index in [1.165, 1.54) is 0 Å². The van der Waals surface area contributed by atoms with Crippen molar-refractivity contribution >= 4 is 5.95 Å². The van der Waals surface area contributed by atoms with Gasteiger partial charge in [-0.25, -0.2) is 4.98 Å². The molecule has 1 aliphatic rings. The summed E-state index contributed by atoms with van der Waals surface area (Å²) in [4.78, 5) is 10.9. The molecule has 1 N–H and O–H groups in total. The number of hydrogen-bond donors (Lipinski definition) is 1.